The van der Waals surface area contributed by atoms with E-state index in [9.17, 15) is 9.59 Å². The van der Waals surface area contributed by atoms with Crippen LogP contribution in [-0.4, -0.2) is 29.7 Å². The lowest BCUT2D eigenvalue weighted by Crippen LogP contribution is -2.48. The van der Waals surface area contributed by atoms with Crippen molar-refractivity contribution in [3.8, 4) is 0 Å². The molecule has 0 heterocycles. The second kappa shape index (κ2) is 8.29. The highest BCUT2D eigenvalue weighted by Crippen LogP contribution is 2.17. The summed E-state index contributed by atoms with van der Waals surface area (Å²) in [5.41, 5.74) is 1.23. The Labute approximate surface area is 125 Å². The van der Waals surface area contributed by atoms with Gasteiger partial charge in [0.05, 0.1) is 0 Å². The first-order valence-electron chi connectivity index (χ1n) is 7.24. The van der Waals surface area contributed by atoms with Crippen molar-refractivity contribution >= 4 is 12.0 Å². The molecule has 5 heteroatoms. The summed E-state index contributed by atoms with van der Waals surface area (Å²) in [6, 6.07) is 8.78. The molecular formula is C16H24N2O3. The van der Waals surface area contributed by atoms with E-state index in [1.54, 1.807) is 13.8 Å². The number of carbonyl (C=O) groups excluding carboxylic acids is 1. The molecule has 116 valence electrons. The highest BCUT2D eigenvalue weighted by molar-refractivity contribution is 5.82. The van der Waals surface area contributed by atoms with Gasteiger partial charge in [0.25, 0.3) is 0 Å². The Morgan fingerprint density at radius 2 is 1.76 bits per heavy atom. The zero-order valence-electron chi connectivity index (χ0n) is 12.8. The van der Waals surface area contributed by atoms with Crippen LogP contribution in [0.3, 0.4) is 0 Å². The molecule has 3 N–H and O–H groups in total. The largest absolute Gasteiger partial charge is 0.480 e. The predicted molar refractivity (Wildman–Crippen MR) is 82.3 cm³/mol. The lowest BCUT2D eigenvalue weighted by atomic mass is 9.98. The summed E-state index contributed by atoms with van der Waals surface area (Å²) in [5, 5.41) is 14.2. The van der Waals surface area contributed by atoms with Crippen LogP contribution in [0.4, 0.5) is 4.79 Å². The molecule has 21 heavy (non-hydrogen) atoms. The van der Waals surface area contributed by atoms with Crippen LogP contribution in [0.25, 0.3) is 0 Å². The van der Waals surface area contributed by atoms with E-state index in [2.05, 4.69) is 29.7 Å². The minimum atomic E-state index is -1.02. The van der Waals surface area contributed by atoms with Gasteiger partial charge in [0, 0.05) is 6.54 Å². The molecule has 0 bridgehead atoms. The monoisotopic (exact) mass is 292 g/mol. The van der Waals surface area contributed by atoms with E-state index in [0.717, 1.165) is 6.42 Å². The molecule has 1 aromatic rings. The number of aliphatic carboxylic acids is 1. The number of hydrogen-bond acceptors (Lipinski definition) is 2. The average molecular weight is 292 g/mol. The first-order valence-corrected chi connectivity index (χ1v) is 7.24. The fourth-order valence-electron chi connectivity index (χ4n) is 2.06. The molecule has 5 nitrogen and oxygen atoms in total. The number of hydrogen-bond donors (Lipinski definition) is 3. The third-order valence-corrected chi connectivity index (χ3v) is 3.45. The zero-order chi connectivity index (χ0) is 15.8. The second-order valence-corrected chi connectivity index (χ2v) is 5.56. The first-order chi connectivity index (χ1) is 9.91. The number of rotatable bonds is 7. The summed E-state index contributed by atoms with van der Waals surface area (Å²) >= 11 is 0. The molecule has 2 atom stereocenters. The first kappa shape index (κ1) is 17.0. The topological polar surface area (TPSA) is 78.4 Å². The minimum Gasteiger partial charge on any atom is -0.480 e. The van der Waals surface area contributed by atoms with Gasteiger partial charge < -0.3 is 15.7 Å². The van der Waals surface area contributed by atoms with E-state index in [4.69, 9.17) is 5.11 Å². The van der Waals surface area contributed by atoms with Crippen molar-refractivity contribution in [1.82, 2.24) is 10.6 Å². The van der Waals surface area contributed by atoms with Gasteiger partial charge in [-0.2, -0.15) is 0 Å². The van der Waals surface area contributed by atoms with Crippen molar-refractivity contribution in [3.63, 3.8) is 0 Å². The third-order valence-electron chi connectivity index (χ3n) is 3.45. The van der Waals surface area contributed by atoms with Gasteiger partial charge in [-0.1, -0.05) is 51.1 Å². The van der Waals surface area contributed by atoms with Crippen molar-refractivity contribution in [2.75, 3.05) is 6.54 Å². The minimum absolute atomic E-state index is 0.156. The second-order valence-electron chi connectivity index (χ2n) is 5.56. The molecule has 0 radical (unpaired) electrons. The molecular weight excluding hydrogens is 268 g/mol. The van der Waals surface area contributed by atoms with Crippen molar-refractivity contribution in [3.05, 3.63) is 35.9 Å². The normalized spacial score (nSPS) is 13.5. The van der Waals surface area contributed by atoms with Gasteiger partial charge >= 0.3 is 12.0 Å². The molecule has 0 aliphatic rings. The smallest absolute Gasteiger partial charge is 0.326 e. The Morgan fingerprint density at radius 3 is 2.29 bits per heavy atom. The SMILES string of the molecule is CC(CCNC(=O)NC(C(=O)O)C(C)C)c1ccccc1. The highest BCUT2D eigenvalue weighted by atomic mass is 16.4. The van der Waals surface area contributed by atoms with Crippen LogP contribution in [0.15, 0.2) is 30.3 Å². The van der Waals surface area contributed by atoms with Gasteiger partial charge in [-0.15, -0.1) is 0 Å². The predicted octanol–water partition coefficient (Wildman–Crippen LogP) is 2.59. The number of carboxylic acids is 1. The molecule has 0 saturated heterocycles. The van der Waals surface area contributed by atoms with Crippen molar-refractivity contribution in [1.29, 1.82) is 0 Å². The van der Waals surface area contributed by atoms with Crippen LogP contribution in [0.5, 0.6) is 0 Å². The van der Waals surface area contributed by atoms with E-state index < -0.39 is 18.0 Å². The molecule has 0 saturated carbocycles. The lowest BCUT2D eigenvalue weighted by molar-refractivity contribution is -0.140. The Kier molecular flexibility index (Phi) is 6.72. The molecule has 0 fully saturated rings. The Morgan fingerprint density at radius 1 is 1.14 bits per heavy atom. The number of urea groups is 1. The Hall–Kier alpha value is -2.04. The summed E-state index contributed by atoms with van der Waals surface area (Å²) in [7, 11) is 0. The standard InChI is InChI=1S/C16H24N2O3/c1-11(2)14(15(19)20)18-16(21)17-10-9-12(3)13-7-5-4-6-8-13/h4-8,11-12,14H,9-10H2,1-3H3,(H,19,20)(H2,17,18,21). The molecule has 1 rings (SSSR count). The summed E-state index contributed by atoms with van der Waals surface area (Å²) in [6.07, 6.45) is 0.802. The van der Waals surface area contributed by atoms with E-state index >= 15 is 0 Å². The molecule has 2 unspecified atom stereocenters. The van der Waals surface area contributed by atoms with E-state index in [1.807, 2.05) is 18.2 Å². The Balaban J connectivity index is 2.35. The highest BCUT2D eigenvalue weighted by Gasteiger charge is 2.23. The van der Waals surface area contributed by atoms with Crippen molar-refractivity contribution in [2.24, 2.45) is 5.92 Å². The van der Waals surface area contributed by atoms with E-state index in [0.29, 0.717) is 12.5 Å². The maximum atomic E-state index is 11.7. The van der Waals surface area contributed by atoms with Crippen LogP contribution >= 0.6 is 0 Å². The van der Waals surface area contributed by atoms with Gasteiger partial charge in [0.15, 0.2) is 0 Å². The molecule has 2 amide bonds. The molecule has 0 aliphatic carbocycles. The van der Waals surface area contributed by atoms with Gasteiger partial charge in [0.2, 0.25) is 0 Å². The van der Waals surface area contributed by atoms with Gasteiger partial charge in [0.1, 0.15) is 6.04 Å². The maximum Gasteiger partial charge on any atom is 0.326 e. The van der Waals surface area contributed by atoms with Crippen LogP contribution in [0.2, 0.25) is 0 Å². The number of nitrogens with one attached hydrogen (secondary N) is 2. The summed E-state index contributed by atoms with van der Waals surface area (Å²) in [5.74, 6) is -0.832. The summed E-state index contributed by atoms with van der Waals surface area (Å²) in [6.45, 7) is 6.13. The third kappa shape index (κ3) is 5.85. The molecule has 0 aliphatic heterocycles. The van der Waals surface area contributed by atoms with E-state index in [-0.39, 0.29) is 5.92 Å². The number of amides is 2. The fraction of sp³-hybridized carbons (Fsp3) is 0.500. The number of benzene rings is 1. The number of carbonyl (C=O) groups is 2. The van der Waals surface area contributed by atoms with Gasteiger partial charge in [-0.25, -0.2) is 9.59 Å². The maximum absolute atomic E-state index is 11.7. The zero-order valence-corrected chi connectivity index (χ0v) is 12.8. The van der Waals surface area contributed by atoms with Crippen LogP contribution in [-0.2, 0) is 4.79 Å². The average Bonchev–Trinajstić information content (AvgIpc) is 2.45. The van der Waals surface area contributed by atoms with Crippen molar-refractivity contribution < 1.29 is 14.7 Å². The number of carboxylic acid groups (broad SMARTS) is 1. The lowest BCUT2D eigenvalue weighted by Gasteiger charge is -2.19. The fourth-order valence-corrected chi connectivity index (χ4v) is 2.06. The van der Waals surface area contributed by atoms with Crippen LogP contribution in [0, 0.1) is 5.92 Å². The summed E-state index contributed by atoms with van der Waals surface area (Å²) in [4.78, 5) is 22.7. The Bertz CT molecular complexity index is 460. The quantitative estimate of drug-likeness (QED) is 0.722. The van der Waals surface area contributed by atoms with Crippen LogP contribution in [0.1, 0.15) is 38.7 Å². The summed E-state index contributed by atoms with van der Waals surface area (Å²) < 4.78 is 0. The van der Waals surface area contributed by atoms with Crippen LogP contribution < -0.4 is 10.6 Å². The molecule has 0 aromatic heterocycles. The molecule has 1 aromatic carbocycles. The van der Waals surface area contributed by atoms with E-state index in [1.165, 1.54) is 5.56 Å². The van der Waals surface area contributed by atoms with Gasteiger partial charge in [-0.05, 0) is 23.8 Å². The molecule has 0 spiro atoms. The van der Waals surface area contributed by atoms with Crippen molar-refractivity contribution in [2.45, 2.75) is 39.2 Å². The van der Waals surface area contributed by atoms with Gasteiger partial charge in [-0.3, -0.25) is 0 Å².